The predicted octanol–water partition coefficient (Wildman–Crippen LogP) is 3.22. The van der Waals surface area contributed by atoms with E-state index in [1.807, 2.05) is 60.7 Å². The summed E-state index contributed by atoms with van der Waals surface area (Å²) in [6.45, 7) is 10.2. The molecule has 2 aromatic rings. The quantitative estimate of drug-likeness (QED) is 0.856. The molecular formula is C19H26N4O2. The van der Waals surface area contributed by atoms with Crippen molar-refractivity contribution in [2.45, 2.75) is 58.8 Å². The summed E-state index contributed by atoms with van der Waals surface area (Å²) in [4.78, 5) is 19.1. The number of rotatable bonds is 4. The number of amides is 1. The molecule has 1 aliphatic heterocycles. The molecule has 1 aliphatic rings. The summed E-state index contributed by atoms with van der Waals surface area (Å²) in [6.07, 6.45) is -0.342. The molecule has 2 heterocycles. The summed E-state index contributed by atoms with van der Waals surface area (Å²) >= 11 is 0. The summed E-state index contributed by atoms with van der Waals surface area (Å²) < 4.78 is 7.92. The molecule has 3 rings (SSSR count). The van der Waals surface area contributed by atoms with Gasteiger partial charge in [0.2, 0.25) is 5.91 Å². The fraction of sp³-hybridized carbons (Fsp3) is 0.526. The van der Waals surface area contributed by atoms with Crippen LogP contribution in [-0.2, 0) is 9.53 Å². The summed E-state index contributed by atoms with van der Waals surface area (Å²) in [5, 5.41) is 4.52. The Labute approximate surface area is 148 Å². The molecule has 1 fully saturated rings. The van der Waals surface area contributed by atoms with Crippen LogP contribution < -0.4 is 0 Å². The van der Waals surface area contributed by atoms with E-state index in [-0.39, 0.29) is 36.7 Å². The molecule has 0 saturated carbocycles. The van der Waals surface area contributed by atoms with Crippen molar-refractivity contribution in [3.8, 4) is 0 Å². The van der Waals surface area contributed by atoms with Crippen LogP contribution in [0.5, 0.6) is 0 Å². The normalized spacial score (nSPS) is 21.4. The number of carbonyl (C=O) groups excluding carboxylic acids is 1. The second kappa shape index (κ2) is 6.96. The van der Waals surface area contributed by atoms with Crippen LogP contribution in [0.4, 0.5) is 0 Å². The minimum absolute atomic E-state index is 0.00689. The first kappa shape index (κ1) is 17.6. The summed E-state index contributed by atoms with van der Waals surface area (Å²) in [5.41, 5.74) is 1.05. The van der Waals surface area contributed by atoms with Crippen LogP contribution in [-0.4, -0.2) is 38.2 Å². The molecule has 134 valence electrons. The molecule has 0 bridgehead atoms. The molecule has 0 aliphatic carbocycles. The van der Waals surface area contributed by atoms with Gasteiger partial charge in [-0.2, -0.15) is 5.10 Å². The van der Waals surface area contributed by atoms with E-state index in [4.69, 9.17) is 4.74 Å². The molecule has 0 radical (unpaired) electrons. The van der Waals surface area contributed by atoms with Gasteiger partial charge in [0, 0.05) is 12.1 Å². The number of hydrogen-bond acceptors (Lipinski definition) is 4. The summed E-state index contributed by atoms with van der Waals surface area (Å²) in [6, 6.07) is 10.1. The van der Waals surface area contributed by atoms with E-state index in [2.05, 4.69) is 23.9 Å². The number of nitrogens with zero attached hydrogens (tertiary/aromatic N) is 4. The largest absolute Gasteiger partial charge is 0.358 e. The van der Waals surface area contributed by atoms with Crippen LogP contribution >= 0.6 is 0 Å². The van der Waals surface area contributed by atoms with E-state index in [1.54, 1.807) is 0 Å². The SMILES string of the molecule is Cc1nc([C@H]2OCC(=O)N(C(C)C)[C@@H]2c2ccccc2)n(C(C)C)n1. The molecule has 2 atom stereocenters. The summed E-state index contributed by atoms with van der Waals surface area (Å²) in [5.74, 6) is 1.50. The van der Waals surface area contributed by atoms with Crippen molar-refractivity contribution < 1.29 is 9.53 Å². The Kier molecular flexibility index (Phi) is 4.90. The smallest absolute Gasteiger partial charge is 0.249 e. The van der Waals surface area contributed by atoms with Gasteiger partial charge in [-0.25, -0.2) is 9.67 Å². The zero-order valence-electron chi connectivity index (χ0n) is 15.5. The number of carbonyl (C=O) groups is 1. The first-order valence-electron chi connectivity index (χ1n) is 8.81. The maximum absolute atomic E-state index is 12.6. The third kappa shape index (κ3) is 3.31. The van der Waals surface area contributed by atoms with Crippen molar-refractivity contribution in [3.05, 3.63) is 47.5 Å². The molecule has 0 N–H and O–H groups in total. The molecular weight excluding hydrogens is 316 g/mol. The number of hydrogen-bond donors (Lipinski definition) is 0. The Morgan fingerprint density at radius 3 is 2.40 bits per heavy atom. The van der Waals surface area contributed by atoms with E-state index in [1.165, 1.54) is 0 Å². The van der Waals surface area contributed by atoms with Gasteiger partial charge < -0.3 is 9.64 Å². The molecule has 1 aromatic carbocycles. The average molecular weight is 342 g/mol. The zero-order chi connectivity index (χ0) is 18.1. The summed E-state index contributed by atoms with van der Waals surface area (Å²) in [7, 11) is 0. The monoisotopic (exact) mass is 342 g/mol. The van der Waals surface area contributed by atoms with E-state index < -0.39 is 0 Å². The van der Waals surface area contributed by atoms with Gasteiger partial charge in [0.15, 0.2) is 5.82 Å². The van der Waals surface area contributed by atoms with E-state index in [9.17, 15) is 4.79 Å². The Morgan fingerprint density at radius 2 is 1.80 bits per heavy atom. The van der Waals surface area contributed by atoms with Crippen molar-refractivity contribution >= 4 is 5.91 Å². The van der Waals surface area contributed by atoms with Crippen molar-refractivity contribution in [1.82, 2.24) is 19.7 Å². The Bertz CT molecular complexity index is 739. The van der Waals surface area contributed by atoms with Gasteiger partial charge in [0.05, 0.1) is 6.04 Å². The minimum Gasteiger partial charge on any atom is -0.358 e. The van der Waals surface area contributed by atoms with Gasteiger partial charge in [-0.1, -0.05) is 30.3 Å². The second-order valence-corrected chi connectivity index (χ2v) is 7.04. The first-order chi connectivity index (χ1) is 11.9. The third-order valence-corrected chi connectivity index (χ3v) is 4.47. The van der Waals surface area contributed by atoms with Gasteiger partial charge in [-0.05, 0) is 40.2 Å². The van der Waals surface area contributed by atoms with Gasteiger partial charge in [-0.15, -0.1) is 0 Å². The Balaban J connectivity index is 2.12. The fourth-order valence-corrected chi connectivity index (χ4v) is 3.46. The van der Waals surface area contributed by atoms with Gasteiger partial charge in [-0.3, -0.25) is 4.79 Å². The molecule has 0 unspecified atom stereocenters. The number of morpholine rings is 1. The van der Waals surface area contributed by atoms with Crippen LogP contribution in [0.1, 0.15) is 63.1 Å². The molecule has 25 heavy (non-hydrogen) atoms. The van der Waals surface area contributed by atoms with Crippen molar-refractivity contribution in [1.29, 1.82) is 0 Å². The maximum atomic E-state index is 12.6. The van der Waals surface area contributed by atoms with Gasteiger partial charge in [0.1, 0.15) is 18.5 Å². The number of aryl methyl sites for hydroxylation is 1. The lowest BCUT2D eigenvalue weighted by molar-refractivity contribution is -0.163. The van der Waals surface area contributed by atoms with Crippen LogP contribution in [0.2, 0.25) is 0 Å². The van der Waals surface area contributed by atoms with Crippen LogP contribution in [0, 0.1) is 6.92 Å². The van der Waals surface area contributed by atoms with Gasteiger partial charge in [0.25, 0.3) is 0 Å². The topological polar surface area (TPSA) is 60.2 Å². The Hall–Kier alpha value is -2.21. The van der Waals surface area contributed by atoms with Crippen LogP contribution in [0.25, 0.3) is 0 Å². The van der Waals surface area contributed by atoms with E-state index in [0.717, 1.165) is 11.4 Å². The van der Waals surface area contributed by atoms with Crippen molar-refractivity contribution in [2.75, 3.05) is 6.61 Å². The van der Waals surface area contributed by atoms with Crippen LogP contribution in [0.15, 0.2) is 30.3 Å². The molecule has 0 spiro atoms. The maximum Gasteiger partial charge on any atom is 0.249 e. The lowest BCUT2D eigenvalue weighted by Crippen LogP contribution is -2.49. The first-order valence-corrected chi connectivity index (χ1v) is 8.81. The van der Waals surface area contributed by atoms with Gasteiger partial charge >= 0.3 is 0 Å². The lowest BCUT2D eigenvalue weighted by Gasteiger charge is -2.43. The highest BCUT2D eigenvalue weighted by molar-refractivity contribution is 5.79. The van der Waals surface area contributed by atoms with Crippen LogP contribution in [0.3, 0.4) is 0 Å². The minimum atomic E-state index is -0.342. The van der Waals surface area contributed by atoms with E-state index >= 15 is 0 Å². The van der Waals surface area contributed by atoms with Crippen molar-refractivity contribution in [3.63, 3.8) is 0 Å². The average Bonchev–Trinajstić information content (AvgIpc) is 2.97. The highest BCUT2D eigenvalue weighted by atomic mass is 16.5. The van der Waals surface area contributed by atoms with Crippen molar-refractivity contribution in [2.24, 2.45) is 0 Å². The standard InChI is InChI=1S/C19H26N4O2/c1-12(2)22-16(24)11-25-18(17(22)15-9-7-6-8-10-15)19-20-14(5)21-23(19)13(3)4/h6-10,12-13,17-18H,11H2,1-5H3/t17-,18+/m1/s1. The van der Waals surface area contributed by atoms with E-state index in [0.29, 0.717) is 5.82 Å². The second-order valence-electron chi connectivity index (χ2n) is 7.04. The molecule has 6 heteroatoms. The Morgan fingerprint density at radius 1 is 1.12 bits per heavy atom. The fourth-order valence-electron chi connectivity index (χ4n) is 3.46. The molecule has 1 amide bonds. The molecule has 1 aromatic heterocycles. The zero-order valence-corrected chi connectivity index (χ0v) is 15.5. The third-order valence-electron chi connectivity index (χ3n) is 4.47. The highest BCUT2D eigenvalue weighted by Crippen LogP contribution is 2.40. The predicted molar refractivity (Wildman–Crippen MR) is 95.0 cm³/mol. The number of ether oxygens (including phenoxy) is 1. The number of aromatic nitrogens is 3. The highest BCUT2D eigenvalue weighted by Gasteiger charge is 2.42. The molecule has 6 nitrogen and oxygen atoms in total. The lowest BCUT2D eigenvalue weighted by atomic mass is 9.95. The molecule has 1 saturated heterocycles. The number of benzene rings is 1.